The number of carbonyl (C=O) groups is 1. The van der Waals surface area contributed by atoms with Gasteiger partial charge in [-0.1, -0.05) is 19.1 Å². The van der Waals surface area contributed by atoms with Gasteiger partial charge in [0.2, 0.25) is 5.91 Å². The van der Waals surface area contributed by atoms with Gasteiger partial charge in [-0.25, -0.2) is 4.99 Å². The van der Waals surface area contributed by atoms with E-state index < -0.39 is 0 Å². The molecule has 0 unspecified atom stereocenters. The first kappa shape index (κ1) is 25.7. The summed E-state index contributed by atoms with van der Waals surface area (Å²) in [5.41, 5.74) is 7.84. The molecular formula is C23H39IN6O. The standard InChI is InChI=1S/C23H38N6O.HI/c1-3-25-23(27-20-10-12-28(13-11-20)17-22(24)30)26-16-19-4-6-21(7-5-19)29-14-8-18(2)9-15-29;/h4-7,18,20H,3,8-17H2,1-2H3,(H2,24,30)(H2,25,26,27);1H. The Hall–Kier alpha value is -1.55. The first-order valence-electron chi connectivity index (χ1n) is 11.4. The molecule has 0 radical (unpaired) electrons. The van der Waals surface area contributed by atoms with Crippen LogP contribution in [0.25, 0.3) is 0 Å². The summed E-state index contributed by atoms with van der Waals surface area (Å²) in [4.78, 5) is 20.5. The van der Waals surface area contributed by atoms with Crippen LogP contribution in [0, 0.1) is 5.92 Å². The third-order valence-electron chi connectivity index (χ3n) is 6.16. The zero-order chi connectivity index (χ0) is 21.3. The molecule has 2 fully saturated rings. The van der Waals surface area contributed by atoms with Crippen LogP contribution in [-0.4, -0.2) is 62.1 Å². The smallest absolute Gasteiger partial charge is 0.231 e. The molecule has 8 heteroatoms. The second kappa shape index (κ2) is 13.1. The molecule has 0 atom stereocenters. The molecule has 1 amide bonds. The van der Waals surface area contributed by atoms with Crippen LogP contribution in [0.5, 0.6) is 0 Å². The van der Waals surface area contributed by atoms with Crippen molar-refractivity contribution in [2.45, 2.75) is 52.1 Å². The minimum atomic E-state index is -0.253. The van der Waals surface area contributed by atoms with Crippen LogP contribution >= 0.6 is 24.0 Å². The van der Waals surface area contributed by atoms with Gasteiger partial charge in [-0.2, -0.15) is 0 Å². The number of hydrogen-bond donors (Lipinski definition) is 3. The molecule has 2 heterocycles. The number of halogens is 1. The highest BCUT2D eigenvalue weighted by Gasteiger charge is 2.21. The van der Waals surface area contributed by atoms with Gasteiger partial charge in [0.15, 0.2) is 5.96 Å². The van der Waals surface area contributed by atoms with Gasteiger partial charge in [-0.3, -0.25) is 9.69 Å². The number of aliphatic imine (C=N–C) groups is 1. The summed E-state index contributed by atoms with van der Waals surface area (Å²) >= 11 is 0. The maximum atomic E-state index is 11.1. The molecule has 31 heavy (non-hydrogen) atoms. The molecule has 1 aromatic carbocycles. The fourth-order valence-corrected chi connectivity index (χ4v) is 4.22. The fraction of sp³-hybridized carbons (Fsp3) is 0.652. The lowest BCUT2D eigenvalue weighted by molar-refractivity contribution is -0.119. The number of benzene rings is 1. The lowest BCUT2D eigenvalue weighted by atomic mass is 9.99. The lowest BCUT2D eigenvalue weighted by Crippen LogP contribution is -2.49. The Morgan fingerprint density at radius 3 is 2.32 bits per heavy atom. The molecular weight excluding hydrogens is 503 g/mol. The van der Waals surface area contributed by atoms with Gasteiger partial charge in [0.1, 0.15) is 0 Å². The molecule has 3 rings (SSSR count). The number of amides is 1. The summed E-state index contributed by atoms with van der Waals surface area (Å²) in [6, 6.07) is 9.23. The van der Waals surface area contributed by atoms with E-state index >= 15 is 0 Å². The molecule has 174 valence electrons. The molecule has 1 aromatic rings. The molecule has 4 N–H and O–H groups in total. The molecule has 0 spiro atoms. The van der Waals surface area contributed by atoms with E-state index in [4.69, 9.17) is 10.7 Å². The van der Waals surface area contributed by atoms with E-state index in [-0.39, 0.29) is 29.9 Å². The Bertz CT molecular complexity index is 695. The van der Waals surface area contributed by atoms with Crippen LogP contribution in [0.2, 0.25) is 0 Å². The number of nitrogens with one attached hydrogen (secondary N) is 2. The normalized spacial score (nSPS) is 19.0. The fourth-order valence-electron chi connectivity index (χ4n) is 4.22. The largest absolute Gasteiger partial charge is 0.372 e. The van der Waals surface area contributed by atoms with Crippen molar-refractivity contribution in [3.05, 3.63) is 29.8 Å². The predicted molar refractivity (Wildman–Crippen MR) is 139 cm³/mol. The van der Waals surface area contributed by atoms with Gasteiger partial charge in [-0.15, -0.1) is 24.0 Å². The molecule has 0 saturated carbocycles. The van der Waals surface area contributed by atoms with E-state index in [0.717, 1.165) is 57.4 Å². The van der Waals surface area contributed by atoms with E-state index in [9.17, 15) is 4.79 Å². The number of nitrogens with zero attached hydrogens (tertiary/aromatic N) is 3. The number of anilines is 1. The van der Waals surface area contributed by atoms with Crippen LogP contribution in [0.3, 0.4) is 0 Å². The average Bonchev–Trinajstić information content (AvgIpc) is 2.74. The average molecular weight is 543 g/mol. The highest BCUT2D eigenvalue weighted by molar-refractivity contribution is 14.0. The van der Waals surface area contributed by atoms with Crippen molar-refractivity contribution in [2.24, 2.45) is 16.6 Å². The van der Waals surface area contributed by atoms with E-state index in [1.807, 2.05) is 0 Å². The second-order valence-corrected chi connectivity index (χ2v) is 8.69. The Morgan fingerprint density at radius 1 is 1.10 bits per heavy atom. The molecule has 0 aliphatic carbocycles. The highest BCUT2D eigenvalue weighted by Crippen LogP contribution is 2.23. The zero-order valence-electron chi connectivity index (χ0n) is 19.0. The third-order valence-corrected chi connectivity index (χ3v) is 6.16. The van der Waals surface area contributed by atoms with Crippen LogP contribution in [0.4, 0.5) is 5.69 Å². The number of nitrogens with two attached hydrogens (primary N) is 1. The van der Waals surface area contributed by atoms with Crippen LogP contribution in [0.1, 0.15) is 45.1 Å². The van der Waals surface area contributed by atoms with Gasteiger partial charge in [0, 0.05) is 44.5 Å². The Kier molecular flexibility index (Phi) is 10.9. The molecule has 7 nitrogen and oxygen atoms in total. The van der Waals surface area contributed by atoms with Crippen molar-refractivity contribution >= 4 is 41.5 Å². The number of carbonyl (C=O) groups excluding carboxylic acids is 1. The Balaban J connectivity index is 0.00000341. The maximum Gasteiger partial charge on any atom is 0.231 e. The summed E-state index contributed by atoms with van der Waals surface area (Å²) < 4.78 is 0. The van der Waals surface area contributed by atoms with Crippen LogP contribution in [-0.2, 0) is 11.3 Å². The van der Waals surface area contributed by atoms with E-state index in [1.165, 1.54) is 24.1 Å². The molecule has 0 aromatic heterocycles. The molecule has 2 aliphatic rings. The lowest BCUT2D eigenvalue weighted by Gasteiger charge is -2.32. The maximum absolute atomic E-state index is 11.1. The van der Waals surface area contributed by atoms with Crippen molar-refractivity contribution in [3.8, 4) is 0 Å². The van der Waals surface area contributed by atoms with Gasteiger partial charge in [0.05, 0.1) is 13.1 Å². The van der Waals surface area contributed by atoms with Gasteiger partial charge < -0.3 is 21.3 Å². The number of rotatable bonds is 7. The summed E-state index contributed by atoms with van der Waals surface area (Å²) in [6.45, 7) is 10.4. The van der Waals surface area contributed by atoms with Crippen LogP contribution in [0.15, 0.2) is 29.3 Å². The number of hydrogen-bond acceptors (Lipinski definition) is 4. The first-order chi connectivity index (χ1) is 14.5. The first-order valence-corrected chi connectivity index (χ1v) is 11.4. The number of primary amides is 1. The number of guanidine groups is 1. The number of piperidine rings is 2. The molecule has 2 aliphatic heterocycles. The molecule has 0 bridgehead atoms. The minimum absolute atomic E-state index is 0. The van der Waals surface area contributed by atoms with E-state index in [1.54, 1.807) is 0 Å². The SMILES string of the molecule is CCNC(=NCc1ccc(N2CCC(C)CC2)cc1)NC1CCN(CC(N)=O)CC1.I. The minimum Gasteiger partial charge on any atom is -0.372 e. The van der Waals surface area contributed by atoms with Crippen molar-refractivity contribution in [1.29, 1.82) is 0 Å². The summed E-state index contributed by atoms with van der Waals surface area (Å²) in [5, 5.41) is 6.91. The summed E-state index contributed by atoms with van der Waals surface area (Å²) in [6.07, 6.45) is 4.54. The van der Waals surface area contributed by atoms with Crippen molar-refractivity contribution in [1.82, 2.24) is 15.5 Å². The predicted octanol–water partition coefficient (Wildman–Crippen LogP) is 2.55. The van der Waals surface area contributed by atoms with Gasteiger partial charge in [0.25, 0.3) is 0 Å². The highest BCUT2D eigenvalue weighted by atomic mass is 127. The van der Waals surface area contributed by atoms with Crippen LogP contribution < -0.4 is 21.3 Å². The topological polar surface area (TPSA) is 86.0 Å². The van der Waals surface area contributed by atoms with Crippen molar-refractivity contribution in [3.63, 3.8) is 0 Å². The van der Waals surface area contributed by atoms with Gasteiger partial charge in [-0.05, 0) is 56.2 Å². The second-order valence-electron chi connectivity index (χ2n) is 8.69. The third kappa shape index (κ3) is 8.48. The summed E-state index contributed by atoms with van der Waals surface area (Å²) in [5.74, 6) is 1.46. The number of likely N-dealkylation sites (tertiary alicyclic amines) is 1. The van der Waals surface area contributed by atoms with E-state index in [0.29, 0.717) is 19.1 Å². The summed E-state index contributed by atoms with van der Waals surface area (Å²) in [7, 11) is 0. The van der Waals surface area contributed by atoms with Crippen molar-refractivity contribution in [2.75, 3.05) is 44.2 Å². The van der Waals surface area contributed by atoms with E-state index in [2.05, 4.69) is 58.5 Å². The van der Waals surface area contributed by atoms with Crippen molar-refractivity contribution < 1.29 is 4.79 Å². The molecule has 2 saturated heterocycles. The quantitative estimate of drug-likeness (QED) is 0.280. The zero-order valence-corrected chi connectivity index (χ0v) is 21.3. The monoisotopic (exact) mass is 542 g/mol. The Labute approximate surface area is 204 Å². The van der Waals surface area contributed by atoms with Gasteiger partial charge >= 0.3 is 0 Å². The Morgan fingerprint density at radius 2 is 1.74 bits per heavy atom.